The van der Waals surface area contributed by atoms with Crippen LogP contribution < -0.4 is 5.32 Å². The Bertz CT molecular complexity index is 336. The maximum absolute atomic E-state index is 11.4. The molecule has 0 unspecified atom stereocenters. The van der Waals surface area contributed by atoms with Crippen molar-refractivity contribution in [2.75, 3.05) is 13.7 Å². The molecule has 0 bridgehead atoms. The van der Waals surface area contributed by atoms with Crippen molar-refractivity contribution in [1.29, 1.82) is 0 Å². The van der Waals surface area contributed by atoms with Gasteiger partial charge >= 0.3 is 5.97 Å². The highest BCUT2D eigenvalue weighted by Crippen LogP contribution is 2.04. The number of nitrogens with one attached hydrogen (secondary N) is 1. The normalized spacial score (nSPS) is 11.2. The molecule has 4 nitrogen and oxygen atoms in total. The molecule has 0 aliphatic heterocycles. The van der Waals surface area contributed by atoms with Crippen molar-refractivity contribution in [2.45, 2.75) is 25.8 Å². The van der Waals surface area contributed by atoms with Crippen LogP contribution in [-0.4, -0.2) is 30.1 Å². The van der Waals surface area contributed by atoms with E-state index in [0.717, 1.165) is 12.1 Å². The second-order valence-corrected chi connectivity index (χ2v) is 4.11. The number of carbonyl (C=O) groups is 1. The highest BCUT2D eigenvalue weighted by atomic mass is 16.5. The van der Waals surface area contributed by atoms with Crippen molar-refractivity contribution in [1.82, 2.24) is 10.3 Å². The molecule has 0 saturated carbocycles. The largest absolute Gasteiger partial charge is 0.468 e. The van der Waals surface area contributed by atoms with E-state index in [1.54, 1.807) is 20.0 Å². The van der Waals surface area contributed by atoms with Gasteiger partial charge in [-0.25, -0.2) is 0 Å². The molecule has 4 heteroatoms. The van der Waals surface area contributed by atoms with Crippen LogP contribution in [0.4, 0.5) is 0 Å². The Kier molecular flexibility index (Phi) is 4.43. The van der Waals surface area contributed by atoms with E-state index in [4.69, 9.17) is 4.74 Å². The van der Waals surface area contributed by atoms with Gasteiger partial charge in [0.05, 0.1) is 7.11 Å². The summed E-state index contributed by atoms with van der Waals surface area (Å²) in [6, 6.07) is 5.80. The quantitative estimate of drug-likeness (QED) is 0.760. The van der Waals surface area contributed by atoms with Crippen LogP contribution in [0.2, 0.25) is 0 Å². The van der Waals surface area contributed by atoms with Gasteiger partial charge in [-0.2, -0.15) is 0 Å². The molecule has 0 aliphatic carbocycles. The first-order chi connectivity index (χ1) is 7.56. The zero-order chi connectivity index (χ0) is 12.0. The van der Waals surface area contributed by atoms with Gasteiger partial charge in [-0.1, -0.05) is 6.07 Å². The zero-order valence-electron chi connectivity index (χ0n) is 9.99. The number of pyridine rings is 1. The minimum Gasteiger partial charge on any atom is -0.468 e. The van der Waals surface area contributed by atoms with Crippen molar-refractivity contribution in [3.63, 3.8) is 0 Å². The highest BCUT2D eigenvalue weighted by Gasteiger charge is 2.27. The summed E-state index contributed by atoms with van der Waals surface area (Å²) in [5.74, 6) is -0.256. The summed E-state index contributed by atoms with van der Waals surface area (Å²) in [5, 5.41) is 3.14. The van der Waals surface area contributed by atoms with Gasteiger partial charge in [-0.3, -0.25) is 9.78 Å². The monoisotopic (exact) mass is 222 g/mol. The van der Waals surface area contributed by atoms with E-state index in [2.05, 4.69) is 10.3 Å². The lowest BCUT2D eigenvalue weighted by Crippen LogP contribution is -2.48. The third kappa shape index (κ3) is 3.62. The average Bonchev–Trinajstić information content (AvgIpc) is 2.29. The van der Waals surface area contributed by atoms with Gasteiger partial charge < -0.3 is 10.1 Å². The molecular weight excluding hydrogens is 204 g/mol. The summed E-state index contributed by atoms with van der Waals surface area (Å²) in [4.78, 5) is 15.6. The van der Waals surface area contributed by atoms with Crippen molar-refractivity contribution < 1.29 is 9.53 Å². The van der Waals surface area contributed by atoms with Gasteiger partial charge in [-0.15, -0.1) is 0 Å². The summed E-state index contributed by atoms with van der Waals surface area (Å²) >= 11 is 0. The van der Waals surface area contributed by atoms with Crippen molar-refractivity contribution in [3.8, 4) is 0 Å². The first-order valence-corrected chi connectivity index (χ1v) is 5.29. The van der Waals surface area contributed by atoms with Crippen LogP contribution in [0, 0.1) is 0 Å². The molecule has 1 rings (SSSR count). The highest BCUT2D eigenvalue weighted by molar-refractivity contribution is 5.79. The van der Waals surface area contributed by atoms with E-state index in [1.165, 1.54) is 7.11 Å². The lowest BCUT2D eigenvalue weighted by atomic mass is 10.1. The topological polar surface area (TPSA) is 51.2 Å². The number of hydrogen-bond donors (Lipinski definition) is 1. The van der Waals surface area contributed by atoms with Crippen LogP contribution in [0.3, 0.4) is 0 Å². The predicted molar refractivity (Wildman–Crippen MR) is 62.0 cm³/mol. The second kappa shape index (κ2) is 5.61. The molecule has 88 valence electrons. The van der Waals surface area contributed by atoms with Gasteiger partial charge in [0.15, 0.2) is 0 Å². The Morgan fingerprint density at radius 3 is 2.81 bits per heavy atom. The number of rotatable bonds is 5. The van der Waals surface area contributed by atoms with Gasteiger partial charge in [0, 0.05) is 24.9 Å². The third-order valence-corrected chi connectivity index (χ3v) is 2.37. The van der Waals surface area contributed by atoms with Gasteiger partial charge in [-0.05, 0) is 26.0 Å². The summed E-state index contributed by atoms with van der Waals surface area (Å²) < 4.78 is 4.70. The van der Waals surface area contributed by atoms with E-state index < -0.39 is 5.54 Å². The summed E-state index contributed by atoms with van der Waals surface area (Å²) in [6.45, 7) is 4.30. The molecule has 1 aromatic heterocycles. The lowest BCUT2D eigenvalue weighted by Gasteiger charge is -2.22. The molecule has 0 fully saturated rings. The first-order valence-electron chi connectivity index (χ1n) is 5.29. The molecular formula is C12H18N2O2. The molecule has 0 aliphatic rings. The Morgan fingerprint density at radius 2 is 2.25 bits per heavy atom. The molecule has 0 spiro atoms. The third-order valence-electron chi connectivity index (χ3n) is 2.37. The fourth-order valence-electron chi connectivity index (χ4n) is 1.38. The number of ether oxygens (including phenoxy) is 1. The number of carbonyl (C=O) groups excluding carboxylic acids is 1. The second-order valence-electron chi connectivity index (χ2n) is 4.11. The van der Waals surface area contributed by atoms with E-state index in [-0.39, 0.29) is 5.97 Å². The molecule has 0 atom stereocenters. The SMILES string of the molecule is COC(=O)C(C)(C)NCCc1ccccn1. The fraction of sp³-hybridized carbons (Fsp3) is 0.500. The molecule has 16 heavy (non-hydrogen) atoms. The standard InChI is InChI=1S/C12H18N2O2/c1-12(2,11(15)16-3)14-9-7-10-6-4-5-8-13-10/h4-6,8,14H,7,9H2,1-3H3. The maximum Gasteiger partial charge on any atom is 0.325 e. The van der Waals surface area contributed by atoms with Crippen LogP contribution in [0.1, 0.15) is 19.5 Å². The van der Waals surface area contributed by atoms with Crippen LogP contribution in [0.15, 0.2) is 24.4 Å². The smallest absolute Gasteiger partial charge is 0.325 e. The Labute approximate surface area is 96.0 Å². The Morgan fingerprint density at radius 1 is 1.50 bits per heavy atom. The minimum atomic E-state index is -0.649. The van der Waals surface area contributed by atoms with E-state index in [9.17, 15) is 4.79 Å². The number of hydrogen-bond acceptors (Lipinski definition) is 4. The molecule has 0 aromatic carbocycles. The number of nitrogens with zero attached hydrogens (tertiary/aromatic N) is 1. The summed E-state index contributed by atoms with van der Waals surface area (Å²) in [7, 11) is 1.39. The molecule has 1 heterocycles. The fourth-order valence-corrected chi connectivity index (χ4v) is 1.38. The van der Waals surface area contributed by atoms with Crippen molar-refractivity contribution in [2.24, 2.45) is 0 Å². The molecule has 0 radical (unpaired) electrons. The Balaban J connectivity index is 2.38. The van der Waals surface area contributed by atoms with Crippen LogP contribution >= 0.6 is 0 Å². The van der Waals surface area contributed by atoms with Crippen molar-refractivity contribution >= 4 is 5.97 Å². The van der Waals surface area contributed by atoms with E-state index in [0.29, 0.717) is 6.54 Å². The average molecular weight is 222 g/mol. The minimum absolute atomic E-state index is 0.256. The lowest BCUT2D eigenvalue weighted by molar-refractivity contribution is -0.147. The number of esters is 1. The Hall–Kier alpha value is -1.42. The van der Waals surface area contributed by atoms with E-state index in [1.807, 2.05) is 18.2 Å². The number of aromatic nitrogens is 1. The van der Waals surface area contributed by atoms with Gasteiger partial charge in [0.1, 0.15) is 5.54 Å². The first kappa shape index (κ1) is 12.6. The van der Waals surface area contributed by atoms with E-state index >= 15 is 0 Å². The maximum atomic E-state index is 11.4. The summed E-state index contributed by atoms with van der Waals surface area (Å²) in [6.07, 6.45) is 2.56. The summed E-state index contributed by atoms with van der Waals surface area (Å²) in [5.41, 5.74) is 0.361. The zero-order valence-corrected chi connectivity index (χ0v) is 9.99. The molecule has 1 aromatic rings. The molecule has 0 saturated heterocycles. The predicted octanol–water partition coefficient (Wildman–Crippen LogP) is 1.17. The van der Waals surface area contributed by atoms with Crippen molar-refractivity contribution in [3.05, 3.63) is 30.1 Å². The van der Waals surface area contributed by atoms with Crippen LogP contribution in [0.25, 0.3) is 0 Å². The molecule has 1 N–H and O–H groups in total. The number of methoxy groups -OCH3 is 1. The van der Waals surface area contributed by atoms with Crippen LogP contribution in [-0.2, 0) is 16.0 Å². The van der Waals surface area contributed by atoms with Gasteiger partial charge in [0.2, 0.25) is 0 Å². The molecule has 0 amide bonds. The van der Waals surface area contributed by atoms with Gasteiger partial charge in [0.25, 0.3) is 0 Å². The van der Waals surface area contributed by atoms with Crippen LogP contribution in [0.5, 0.6) is 0 Å².